The molecule has 0 aliphatic heterocycles. The molecule has 0 aromatic carbocycles. The van der Waals surface area contributed by atoms with E-state index in [1.807, 2.05) is 6.33 Å². The molecule has 31 heavy (non-hydrogen) atoms. The fourth-order valence-electron chi connectivity index (χ4n) is 5.25. The minimum absolute atomic E-state index is 0.227. The number of imidazole rings is 1. The van der Waals surface area contributed by atoms with Gasteiger partial charge < -0.3 is 20.9 Å². The molecule has 0 saturated heterocycles. The number of nitrogens with two attached hydrogens (primary N) is 1. The van der Waals surface area contributed by atoms with Crippen LogP contribution in [0.5, 0.6) is 0 Å². The van der Waals surface area contributed by atoms with E-state index in [9.17, 15) is 0 Å². The van der Waals surface area contributed by atoms with Crippen molar-refractivity contribution in [3.63, 3.8) is 0 Å². The smallest absolute Gasteiger partial charge is 0.227 e. The van der Waals surface area contributed by atoms with Gasteiger partial charge in [-0.2, -0.15) is 9.97 Å². The number of anilines is 2. The normalized spacial score (nSPS) is 23.5. The second kappa shape index (κ2) is 10.1. The summed E-state index contributed by atoms with van der Waals surface area (Å²) in [6, 6.07) is 1.22. The van der Waals surface area contributed by atoms with Crippen molar-refractivity contribution in [2.75, 3.05) is 23.7 Å². The Balaban J connectivity index is 1.67. The maximum atomic E-state index is 6.10. The van der Waals surface area contributed by atoms with Crippen molar-refractivity contribution in [3.8, 4) is 0 Å². The summed E-state index contributed by atoms with van der Waals surface area (Å²) in [7, 11) is 0. The minimum atomic E-state index is 0.227. The summed E-state index contributed by atoms with van der Waals surface area (Å²) in [5, 5.41) is 7.32. The zero-order valence-corrected chi connectivity index (χ0v) is 19.5. The van der Waals surface area contributed by atoms with Crippen LogP contribution in [0.15, 0.2) is 6.33 Å². The molecule has 2 aromatic rings. The van der Waals surface area contributed by atoms with E-state index in [4.69, 9.17) is 20.7 Å². The second-order valence-electron chi connectivity index (χ2n) is 9.20. The topological polar surface area (TPSA) is 96.9 Å². The van der Waals surface area contributed by atoms with Gasteiger partial charge in [0.2, 0.25) is 5.95 Å². The van der Waals surface area contributed by atoms with Gasteiger partial charge >= 0.3 is 0 Å². The first-order chi connectivity index (χ1) is 15.1. The number of hydrogen-bond donors (Lipinski definition) is 3. The molecular weight excluding hydrogens is 388 g/mol. The third-order valence-electron chi connectivity index (χ3n) is 7.19. The van der Waals surface area contributed by atoms with Crippen molar-refractivity contribution in [1.29, 1.82) is 0 Å². The van der Waals surface area contributed by atoms with E-state index in [-0.39, 0.29) is 6.17 Å². The monoisotopic (exact) mass is 428 g/mol. The predicted octanol–water partition coefficient (Wildman–Crippen LogP) is 4.11. The molecule has 0 bridgehead atoms. The first kappa shape index (κ1) is 22.3. The van der Waals surface area contributed by atoms with Gasteiger partial charge in [-0.3, -0.25) is 4.90 Å². The summed E-state index contributed by atoms with van der Waals surface area (Å²) in [6.45, 7) is 8.63. The van der Waals surface area contributed by atoms with Crippen molar-refractivity contribution in [2.24, 2.45) is 5.73 Å². The number of fused-ring (bicyclic) bond motifs is 1. The Morgan fingerprint density at radius 3 is 2.42 bits per heavy atom. The zero-order valence-electron chi connectivity index (χ0n) is 19.5. The molecule has 4 rings (SSSR count). The van der Waals surface area contributed by atoms with Gasteiger partial charge in [-0.15, -0.1) is 0 Å². The van der Waals surface area contributed by atoms with Gasteiger partial charge in [-0.1, -0.05) is 33.6 Å². The standard InChI is InChI=1S/C23H40N8/c1-4-19(30(5-2)6-3)27-21-20-22(31(15-25-20)18-9-7-8-10-18)29-23(28-21)26-17-13-11-16(24)12-14-17/h15-19H,4-14,24H2,1-3H3,(H2,26,27,28,29). The Kier molecular flexibility index (Phi) is 7.27. The molecule has 2 fully saturated rings. The molecule has 2 aliphatic rings. The number of aromatic nitrogens is 4. The van der Waals surface area contributed by atoms with Gasteiger partial charge in [-0.05, 0) is 58.0 Å². The highest BCUT2D eigenvalue weighted by Crippen LogP contribution is 2.33. The Labute approximate surface area is 186 Å². The lowest BCUT2D eigenvalue weighted by Crippen LogP contribution is -2.40. The molecule has 8 heteroatoms. The van der Waals surface area contributed by atoms with E-state index in [0.717, 1.165) is 62.2 Å². The molecule has 0 spiro atoms. The van der Waals surface area contributed by atoms with Gasteiger partial charge in [0.1, 0.15) is 0 Å². The van der Waals surface area contributed by atoms with Crippen molar-refractivity contribution in [1.82, 2.24) is 24.4 Å². The summed E-state index contributed by atoms with van der Waals surface area (Å²) in [5.74, 6) is 1.56. The average Bonchev–Trinajstić information content (AvgIpc) is 3.45. The Bertz CT molecular complexity index is 831. The van der Waals surface area contributed by atoms with Crippen LogP contribution < -0.4 is 16.4 Å². The molecule has 2 saturated carbocycles. The van der Waals surface area contributed by atoms with Crippen LogP contribution in [0.1, 0.15) is 84.6 Å². The van der Waals surface area contributed by atoms with E-state index in [1.54, 1.807) is 0 Å². The molecular formula is C23H40N8. The number of nitrogens with zero attached hydrogens (tertiary/aromatic N) is 5. The van der Waals surface area contributed by atoms with Gasteiger partial charge in [-0.25, -0.2) is 4.98 Å². The highest BCUT2D eigenvalue weighted by atomic mass is 15.3. The first-order valence-electron chi connectivity index (χ1n) is 12.4. The summed E-state index contributed by atoms with van der Waals surface area (Å²) in [4.78, 5) is 17.1. The second-order valence-corrected chi connectivity index (χ2v) is 9.20. The Morgan fingerprint density at radius 2 is 1.77 bits per heavy atom. The molecule has 0 amide bonds. The van der Waals surface area contributed by atoms with Crippen LogP contribution >= 0.6 is 0 Å². The van der Waals surface area contributed by atoms with Crippen LogP contribution in [0.4, 0.5) is 11.8 Å². The van der Waals surface area contributed by atoms with Crippen LogP contribution in [0.3, 0.4) is 0 Å². The van der Waals surface area contributed by atoms with E-state index in [0.29, 0.717) is 24.1 Å². The van der Waals surface area contributed by atoms with E-state index < -0.39 is 0 Å². The molecule has 2 heterocycles. The van der Waals surface area contributed by atoms with Crippen molar-refractivity contribution < 1.29 is 0 Å². The lowest BCUT2D eigenvalue weighted by Gasteiger charge is -2.30. The summed E-state index contributed by atoms with van der Waals surface area (Å²) < 4.78 is 2.29. The molecule has 172 valence electrons. The Hall–Kier alpha value is -1.93. The maximum Gasteiger partial charge on any atom is 0.227 e. The van der Waals surface area contributed by atoms with Crippen molar-refractivity contribution >= 4 is 22.9 Å². The predicted molar refractivity (Wildman–Crippen MR) is 127 cm³/mol. The SMILES string of the molecule is CCC(Nc1nc(NC2CCC(N)CC2)nc2c1ncn2C1CCCC1)N(CC)CC. The van der Waals surface area contributed by atoms with Gasteiger partial charge in [0.05, 0.1) is 12.5 Å². The molecule has 4 N–H and O–H groups in total. The van der Waals surface area contributed by atoms with E-state index in [1.165, 1.54) is 25.7 Å². The van der Waals surface area contributed by atoms with E-state index >= 15 is 0 Å². The lowest BCUT2D eigenvalue weighted by atomic mass is 9.92. The molecule has 2 aliphatic carbocycles. The summed E-state index contributed by atoms with van der Waals surface area (Å²) in [5.41, 5.74) is 7.94. The largest absolute Gasteiger partial charge is 0.353 e. The van der Waals surface area contributed by atoms with Crippen molar-refractivity contribution in [2.45, 2.75) is 103 Å². The molecule has 2 aromatic heterocycles. The van der Waals surface area contributed by atoms with Gasteiger partial charge in [0, 0.05) is 18.1 Å². The molecule has 1 atom stereocenters. The van der Waals surface area contributed by atoms with Crippen LogP contribution in [-0.2, 0) is 0 Å². The first-order valence-corrected chi connectivity index (χ1v) is 12.4. The third kappa shape index (κ3) is 4.95. The third-order valence-corrected chi connectivity index (χ3v) is 7.19. The van der Waals surface area contributed by atoms with Crippen LogP contribution in [0, 0.1) is 0 Å². The van der Waals surface area contributed by atoms with Crippen molar-refractivity contribution in [3.05, 3.63) is 6.33 Å². The fraction of sp³-hybridized carbons (Fsp3) is 0.783. The molecule has 0 radical (unpaired) electrons. The van der Waals surface area contributed by atoms with Crippen LogP contribution in [-0.4, -0.2) is 55.8 Å². The van der Waals surface area contributed by atoms with Crippen LogP contribution in [0.2, 0.25) is 0 Å². The lowest BCUT2D eigenvalue weighted by molar-refractivity contribution is 0.233. The summed E-state index contributed by atoms with van der Waals surface area (Å²) in [6.07, 6.45) is 12.5. The minimum Gasteiger partial charge on any atom is -0.353 e. The zero-order chi connectivity index (χ0) is 21.8. The molecule has 8 nitrogen and oxygen atoms in total. The van der Waals surface area contributed by atoms with E-state index in [2.05, 4.69) is 40.9 Å². The van der Waals surface area contributed by atoms with Gasteiger partial charge in [0.25, 0.3) is 0 Å². The van der Waals surface area contributed by atoms with Crippen LogP contribution in [0.25, 0.3) is 11.2 Å². The number of hydrogen-bond acceptors (Lipinski definition) is 7. The highest BCUT2D eigenvalue weighted by Gasteiger charge is 2.25. The molecule has 1 unspecified atom stereocenters. The maximum absolute atomic E-state index is 6.10. The quantitative estimate of drug-likeness (QED) is 0.517. The number of rotatable bonds is 9. The summed E-state index contributed by atoms with van der Waals surface area (Å²) >= 11 is 0. The number of nitrogens with one attached hydrogen (secondary N) is 2. The average molecular weight is 429 g/mol. The highest BCUT2D eigenvalue weighted by molar-refractivity contribution is 5.84. The van der Waals surface area contributed by atoms with Gasteiger partial charge in [0.15, 0.2) is 17.0 Å². The fourth-order valence-corrected chi connectivity index (χ4v) is 5.25. The Morgan fingerprint density at radius 1 is 1.06 bits per heavy atom.